The molecule has 2 N–H and O–H groups in total. The average Bonchev–Trinajstić information content (AvgIpc) is 2.53. The molecule has 1 aromatic carbocycles. The summed E-state index contributed by atoms with van der Waals surface area (Å²) in [4.78, 5) is 14.1. The monoisotopic (exact) mass is 362 g/mol. The first-order valence-corrected chi connectivity index (χ1v) is 8.08. The van der Waals surface area contributed by atoms with Crippen LogP contribution in [0.5, 0.6) is 5.75 Å². The standard InChI is InChI=1S/C17H24F2N2O2.ClH/c1-12(20)13-4-2-8-21(11-13)17(22)5-3-9-23-16-7-6-14(18)10-15(16)19;/h6-7,10,12-13H,2-5,8-9,11,20H2,1H3;1H. The van der Waals surface area contributed by atoms with Gasteiger partial charge < -0.3 is 15.4 Å². The number of piperidine rings is 1. The molecule has 1 fully saturated rings. The SMILES string of the molecule is CC(N)C1CCCN(C(=O)CCCOc2ccc(F)cc2F)C1.Cl. The van der Waals surface area contributed by atoms with E-state index in [4.69, 9.17) is 10.5 Å². The zero-order valence-electron chi connectivity index (χ0n) is 13.8. The fourth-order valence-electron chi connectivity index (χ4n) is 2.82. The fraction of sp³-hybridized carbons (Fsp3) is 0.588. The Labute approximate surface area is 147 Å². The van der Waals surface area contributed by atoms with Crippen molar-refractivity contribution in [2.24, 2.45) is 11.7 Å². The maximum atomic E-state index is 13.4. The summed E-state index contributed by atoms with van der Waals surface area (Å²) in [6.07, 6.45) is 2.90. The first-order chi connectivity index (χ1) is 11.0. The number of benzene rings is 1. The topological polar surface area (TPSA) is 55.6 Å². The van der Waals surface area contributed by atoms with Crippen LogP contribution in [0.4, 0.5) is 8.78 Å². The van der Waals surface area contributed by atoms with Crippen LogP contribution in [0, 0.1) is 17.6 Å². The molecule has 1 aliphatic rings. The molecule has 0 radical (unpaired) electrons. The van der Waals surface area contributed by atoms with Crippen LogP contribution in [-0.4, -0.2) is 36.5 Å². The quantitative estimate of drug-likeness (QED) is 0.791. The van der Waals surface area contributed by atoms with Gasteiger partial charge in [-0.15, -0.1) is 12.4 Å². The number of carbonyl (C=O) groups excluding carboxylic acids is 1. The number of hydrogen-bond donors (Lipinski definition) is 1. The Morgan fingerprint density at radius 3 is 2.88 bits per heavy atom. The van der Waals surface area contributed by atoms with Crippen LogP contribution >= 0.6 is 12.4 Å². The molecule has 24 heavy (non-hydrogen) atoms. The number of ether oxygens (including phenoxy) is 1. The van der Waals surface area contributed by atoms with Gasteiger partial charge in [-0.3, -0.25) is 4.79 Å². The summed E-state index contributed by atoms with van der Waals surface area (Å²) in [5, 5.41) is 0. The number of amides is 1. The molecule has 2 atom stereocenters. The van der Waals surface area contributed by atoms with Gasteiger partial charge in [0.1, 0.15) is 5.82 Å². The average molecular weight is 363 g/mol. The van der Waals surface area contributed by atoms with E-state index < -0.39 is 11.6 Å². The van der Waals surface area contributed by atoms with Gasteiger partial charge in [-0.25, -0.2) is 8.78 Å². The van der Waals surface area contributed by atoms with E-state index in [1.54, 1.807) is 0 Å². The Morgan fingerprint density at radius 1 is 1.46 bits per heavy atom. The van der Waals surface area contributed by atoms with Gasteiger partial charge in [0.05, 0.1) is 6.61 Å². The molecule has 0 saturated carbocycles. The van der Waals surface area contributed by atoms with Gasteiger partial charge in [-0.2, -0.15) is 0 Å². The third-order valence-electron chi connectivity index (χ3n) is 4.24. The predicted molar refractivity (Wildman–Crippen MR) is 91.3 cm³/mol. The van der Waals surface area contributed by atoms with Gasteiger partial charge in [0, 0.05) is 31.6 Å². The summed E-state index contributed by atoms with van der Waals surface area (Å²) in [5.74, 6) is -0.921. The van der Waals surface area contributed by atoms with Crippen molar-refractivity contribution in [2.45, 2.75) is 38.6 Å². The molecular weight excluding hydrogens is 338 g/mol. The van der Waals surface area contributed by atoms with Crippen molar-refractivity contribution in [1.29, 1.82) is 0 Å². The Hall–Kier alpha value is -1.40. The molecule has 1 saturated heterocycles. The lowest BCUT2D eigenvalue weighted by Crippen LogP contribution is -2.45. The van der Waals surface area contributed by atoms with Gasteiger partial charge in [0.2, 0.25) is 5.91 Å². The third-order valence-corrected chi connectivity index (χ3v) is 4.24. The molecule has 0 aromatic heterocycles. The highest BCUT2D eigenvalue weighted by Gasteiger charge is 2.25. The summed E-state index contributed by atoms with van der Waals surface area (Å²) in [6, 6.07) is 3.27. The first-order valence-electron chi connectivity index (χ1n) is 8.08. The number of nitrogens with zero attached hydrogens (tertiary/aromatic N) is 1. The Balaban J connectivity index is 0.00000288. The maximum absolute atomic E-state index is 13.4. The van der Waals surface area contributed by atoms with E-state index >= 15 is 0 Å². The molecule has 7 heteroatoms. The lowest BCUT2D eigenvalue weighted by Gasteiger charge is -2.34. The molecule has 1 amide bonds. The summed E-state index contributed by atoms with van der Waals surface area (Å²) in [5.41, 5.74) is 5.92. The minimum atomic E-state index is -0.730. The fourth-order valence-corrected chi connectivity index (χ4v) is 2.82. The van der Waals surface area contributed by atoms with E-state index in [1.165, 1.54) is 6.07 Å². The smallest absolute Gasteiger partial charge is 0.222 e. The van der Waals surface area contributed by atoms with E-state index in [0.29, 0.717) is 25.3 Å². The van der Waals surface area contributed by atoms with Crippen LogP contribution in [0.25, 0.3) is 0 Å². The second-order valence-corrected chi connectivity index (χ2v) is 6.13. The molecule has 1 aromatic rings. The second kappa shape index (κ2) is 9.79. The maximum Gasteiger partial charge on any atom is 0.222 e. The van der Waals surface area contributed by atoms with Crippen molar-refractivity contribution >= 4 is 18.3 Å². The molecule has 0 aliphatic carbocycles. The van der Waals surface area contributed by atoms with E-state index in [0.717, 1.165) is 31.5 Å². The number of halogens is 3. The molecule has 136 valence electrons. The number of nitrogens with two attached hydrogens (primary N) is 1. The summed E-state index contributed by atoms with van der Waals surface area (Å²) in [6.45, 7) is 3.68. The van der Waals surface area contributed by atoms with Crippen molar-refractivity contribution < 1.29 is 18.3 Å². The molecule has 2 unspecified atom stereocenters. The largest absolute Gasteiger partial charge is 0.491 e. The van der Waals surface area contributed by atoms with Crippen LogP contribution in [0.2, 0.25) is 0 Å². The number of hydrogen-bond acceptors (Lipinski definition) is 3. The van der Waals surface area contributed by atoms with E-state index in [1.807, 2.05) is 11.8 Å². The molecule has 4 nitrogen and oxygen atoms in total. The number of carbonyl (C=O) groups is 1. The Bertz CT molecular complexity index is 543. The first kappa shape index (κ1) is 20.6. The Kier molecular flexibility index (Phi) is 8.42. The molecular formula is C17H25ClF2N2O2. The third kappa shape index (κ3) is 5.91. The van der Waals surface area contributed by atoms with Gasteiger partial charge in [0.15, 0.2) is 11.6 Å². The number of likely N-dealkylation sites (tertiary alicyclic amines) is 1. The van der Waals surface area contributed by atoms with Crippen LogP contribution in [-0.2, 0) is 4.79 Å². The van der Waals surface area contributed by atoms with Crippen LogP contribution in [0.15, 0.2) is 18.2 Å². The molecule has 0 bridgehead atoms. The highest BCUT2D eigenvalue weighted by Crippen LogP contribution is 2.20. The van der Waals surface area contributed by atoms with Crippen LogP contribution < -0.4 is 10.5 Å². The van der Waals surface area contributed by atoms with E-state index in [9.17, 15) is 13.6 Å². The minimum Gasteiger partial charge on any atom is -0.491 e. The zero-order chi connectivity index (χ0) is 16.8. The Morgan fingerprint density at radius 2 is 2.21 bits per heavy atom. The van der Waals surface area contributed by atoms with Crippen LogP contribution in [0.1, 0.15) is 32.6 Å². The summed E-state index contributed by atoms with van der Waals surface area (Å²) in [7, 11) is 0. The van der Waals surface area contributed by atoms with Crippen molar-refractivity contribution in [3.63, 3.8) is 0 Å². The zero-order valence-corrected chi connectivity index (χ0v) is 14.7. The minimum absolute atomic E-state index is 0. The lowest BCUT2D eigenvalue weighted by molar-refractivity contribution is -0.133. The molecule has 1 heterocycles. The van der Waals surface area contributed by atoms with Crippen molar-refractivity contribution in [3.05, 3.63) is 29.8 Å². The normalized spacial score (nSPS) is 18.7. The van der Waals surface area contributed by atoms with Gasteiger partial charge >= 0.3 is 0 Å². The van der Waals surface area contributed by atoms with Crippen molar-refractivity contribution in [3.8, 4) is 5.75 Å². The van der Waals surface area contributed by atoms with E-state index in [-0.39, 0.29) is 36.7 Å². The lowest BCUT2D eigenvalue weighted by atomic mass is 9.92. The predicted octanol–water partition coefficient (Wildman–Crippen LogP) is 3.13. The van der Waals surface area contributed by atoms with Gasteiger partial charge in [-0.1, -0.05) is 0 Å². The highest BCUT2D eigenvalue weighted by molar-refractivity contribution is 5.85. The molecule has 1 aliphatic heterocycles. The van der Waals surface area contributed by atoms with Gasteiger partial charge in [-0.05, 0) is 44.2 Å². The second-order valence-electron chi connectivity index (χ2n) is 6.13. The summed E-state index contributed by atoms with van der Waals surface area (Å²) < 4.78 is 31.4. The number of rotatable bonds is 6. The van der Waals surface area contributed by atoms with Crippen molar-refractivity contribution in [2.75, 3.05) is 19.7 Å². The highest BCUT2D eigenvalue weighted by atomic mass is 35.5. The molecule has 2 rings (SSSR count). The van der Waals surface area contributed by atoms with Crippen molar-refractivity contribution in [1.82, 2.24) is 4.90 Å². The van der Waals surface area contributed by atoms with Gasteiger partial charge in [0.25, 0.3) is 0 Å². The summed E-state index contributed by atoms with van der Waals surface area (Å²) >= 11 is 0. The van der Waals surface area contributed by atoms with E-state index in [2.05, 4.69) is 0 Å². The van der Waals surface area contributed by atoms with Crippen LogP contribution in [0.3, 0.4) is 0 Å². The molecule has 0 spiro atoms.